The molecule has 1 aromatic carbocycles. The predicted octanol–water partition coefficient (Wildman–Crippen LogP) is 3.61. The minimum atomic E-state index is 0. The maximum Gasteiger partial charge on any atom is 0.191 e. The molecule has 0 atom stereocenters. The van der Waals surface area contributed by atoms with E-state index >= 15 is 0 Å². The monoisotopic (exact) mass is 444 g/mol. The van der Waals surface area contributed by atoms with Crippen LogP contribution >= 0.6 is 24.0 Å². The molecule has 0 radical (unpaired) electrons. The van der Waals surface area contributed by atoms with E-state index in [1.165, 1.54) is 37.1 Å². The lowest BCUT2D eigenvalue weighted by atomic mass is 9.99. The molecule has 1 heterocycles. The van der Waals surface area contributed by atoms with Crippen molar-refractivity contribution in [2.24, 2.45) is 10.9 Å². The Morgan fingerprint density at radius 1 is 1.12 bits per heavy atom. The van der Waals surface area contributed by atoms with Gasteiger partial charge in [-0.2, -0.15) is 0 Å². The second-order valence-corrected chi connectivity index (χ2v) is 6.63. The molecule has 0 saturated carbocycles. The highest BCUT2D eigenvalue weighted by Gasteiger charge is 2.15. The number of aliphatic imine (C=N–C) groups is 1. The molecule has 1 aliphatic heterocycles. The Morgan fingerprint density at radius 3 is 2.33 bits per heavy atom. The molecule has 0 unspecified atom stereocenters. The molecule has 0 spiro atoms. The zero-order valence-corrected chi connectivity index (χ0v) is 17.7. The summed E-state index contributed by atoms with van der Waals surface area (Å²) in [5.74, 6) is 1.77. The van der Waals surface area contributed by atoms with Crippen LogP contribution in [0.25, 0.3) is 0 Å². The average molecular weight is 444 g/mol. The first-order chi connectivity index (χ1) is 11.2. The van der Waals surface area contributed by atoms with Crippen LogP contribution in [0.15, 0.2) is 29.3 Å². The van der Waals surface area contributed by atoms with E-state index in [0.717, 1.165) is 37.9 Å². The van der Waals surface area contributed by atoms with Gasteiger partial charge in [0.25, 0.3) is 0 Å². The maximum atomic E-state index is 4.23. The highest BCUT2D eigenvalue weighted by Crippen LogP contribution is 2.18. The Morgan fingerprint density at radius 2 is 1.75 bits per heavy atom. The summed E-state index contributed by atoms with van der Waals surface area (Å²) in [6.07, 6.45) is 3.78. The molecule has 5 heteroatoms. The molecular formula is C19H33IN4. The molecule has 1 fully saturated rings. The highest BCUT2D eigenvalue weighted by molar-refractivity contribution is 14.0. The number of halogens is 1. The molecule has 0 bridgehead atoms. The fourth-order valence-corrected chi connectivity index (χ4v) is 2.89. The van der Waals surface area contributed by atoms with Gasteiger partial charge in [0.15, 0.2) is 5.96 Å². The lowest BCUT2D eigenvalue weighted by Gasteiger charge is -2.30. The molecule has 1 aliphatic rings. The van der Waals surface area contributed by atoms with Crippen molar-refractivity contribution in [3.63, 3.8) is 0 Å². The third kappa shape index (κ3) is 7.38. The molecular weight excluding hydrogens is 411 g/mol. The van der Waals surface area contributed by atoms with Gasteiger partial charge in [-0.25, -0.2) is 0 Å². The zero-order valence-electron chi connectivity index (χ0n) is 15.3. The van der Waals surface area contributed by atoms with Crippen LogP contribution in [-0.4, -0.2) is 37.5 Å². The molecule has 136 valence electrons. The van der Waals surface area contributed by atoms with Gasteiger partial charge in [-0.05, 0) is 49.4 Å². The van der Waals surface area contributed by atoms with E-state index in [9.17, 15) is 0 Å². The normalized spacial score (nSPS) is 16.5. The molecule has 0 aromatic heterocycles. The van der Waals surface area contributed by atoms with Gasteiger partial charge in [0.1, 0.15) is 0 Å². The van der Waals surface area contributed by atoms with E-state index in [2.05, 4.69) is 58.6 Å². The molecule has 1 saturated heterocycles. The van der Waals surface area contributed by atoms with Crippen LogP contribution in [0, 0.1) is 5.92 Å². The number of nitrogens with one attached hydrogen (secondary N) is 2. The topological polar surface area (TPSA) is 39.7 Å². The second-order valence-electron chi connectivity index (χ2n) is 6.63. The van der Waals surface area contributed by atoms with Gasteiger partial charge >= 0.3 is 0 Å². The number of nitrogens with zero attached hydrogens (tertiary/aromatic N) is 2. The summed E-state index contributed by atoms with van der Waals surface area (Å²) in [7, 11) is 1.81. The van der Waals surface area contributed by atoms with Crippen molar-refractivity contribution in [2.45, 2.75) is 46.2 Å². The Bertz CT molecular complexity index is 479. The molecule has 1 aromatic rings. The first kappa shape index (κ1) is 21.2. The largest absolute Gasteiger partial charge is 0.356 e. The van der Waals surface area contributed by atoms with E-state index in [0.29, 0.717) is 0 Å². The van der Waals surface area contributed by atoms with Crippen LogP contribution in [0.3, 0.4) is 0 Å². The predicted molar refractivity (Wildman–Crippen MR) is 114 cm³/mol. The number of guanidine groups is 1. The first-order valence-corrected chi connectivity index (χ1v) is 8.96. The molecule has 2 N–H and O–H groups in total. The lowest BCUT2D eigenvalue weighted by Crippen LogP contribution is -2.37. The molecule has 2 rings (SSSR count). The standard InChI is InChI=1S/C19H32N4.HI/c1-4-11-21-19(20-3)22-14-17-5-7-18(8-6-17)15-23-12-9-16(2)10-13-23;/h5-8,16H,4,9-15H2,1-3H3,(H2,20,21,22);1H. The summed E-state index contributed by atoms with van der Waals surface area (Å²) in [6.45, 7) is 9.84. The smallest absolute Gasteiger partial charge is 0.191 e. The zero-order chi connectivity index (χ0) is 16.5. The Labute approximate surface area is 164 Å². The minimum Gasteiger partial charge on any atom is -0.356 e. The van der Waals surface area contributed by atoms with Gasteiger partial charge in [0.2, 0.25) is 0 Å². The summed E-state index contributed by atoms with van der Waals surface area (Å²) in [5, 5.41) is 6.65. The molecule has 24 heavy (non-hydrogen) atoms. The van der Waals surface area contributed by atoms with Crippen molar-refractivity contribution in [1.82, 2.24) is 15.5 Å². The first-order valence-electron chi connectivity index (χ1n) is 8.96. The number of likely N-dealkylation sites (tertiary alicyclic amines) is 1. The number of rotatable bonds is 6. The van der Waals surface area contributed by atoms with Crippen LogP contribution in [0.2, 0.25) is 0 Å². The van der Waals surface area contributed by atoms with Crippen LogP contribution in [-0.2, 0) is 13.1 Å². The van der Waals surface area contributed by atoms with Crippen LogP contribution < -0.4 is 10.6 Å². The Kier molecular flexibility index (Phi) is 10.3. The van der Waals surface area contributed by atoms with Crippen molar-refractivity contribution in [1.29, 1.82) is 0 Å². The quantitative estimate of drug-likeness (QED) is 0.400. The van der Waals surface area contributed by atoms with Crippen molar-refractivity contribution in [3.05, 3.63) is 35.4 Å². The van der Waals surface area contributed by atoms with E-state index in [4.69, 9.17) is 0 Å². The van der Waals surface area contributed by atoms with Crippen molar-refractivity contribution in [3.8, 4) is 0 Å². The maximum absolute atomic E-state index is 4.23. The number of piperidine rings is 1. The third-order valence-corrected chi connectivity index (χ3v) is 4.53. The highest BCUT2D eigenvalue weighted by atomic mass is 127. The van der Waals surface area contributed by atoms with Crippen molar-refractivity contribution in [2.75, 3.05) is 26.7 Å². The fraction of sp³-hybridized carbons (Fsp3) is 0.632. The fourth-order valence-electron chi connectivity index (χ4n) is 2.89. The van der Waals surface area contributed by atoms with Crippen LogP contribution in [0.5, 0.6) is 0 Å². The van der Waals surface area contributed by atoms with Gasteiger partial charge in [-0.1, -0.05) is 38.1 Å². The summed E-state index contributed by atoms with van der Waals surface area (Å²) in [5.41, 5.74) is 2.71. The van der Waals surface area contributed by atoms with E-state index < -0.39 is 0 Å². The summed E-state index contributed by atoms with van der Waals surface area (Å²) in [6, 6.07) is 8.97. The van der Waals surface area contributed by atoms with Crippen LogP contribution in [0.1, 0.15) is 44.2 Å². The minimum absolute atomic E-state index is 0. The summed E-state index contributed by atoms with van der Waals surface area (Å²) >= 11 is 0. The number of benzene rings is 1. The van der Waals surface area contributed by atoms with Gasteiger partial charge in [0, 0.05) is 26.7 Å². The Hall–Kier alpha value is -0.820. The van der Waals surface area contributed by atoms with Crippen molar-refractivity contribution >= 4 is 29.9 Å². The van der Waals surface area contributed by atoms with E-state index in [1.807, 2.05) is 7.05 Å². The van der Waals surface area contributed by atoms with Gasteiger partial charge in [-0.3, -0.25) is 9.89 Å². The van der Waals surface area contributed by atoms with E-state index in [1.54, 1.807) is 0 Å². The van der Waals surface area contributed by atoms with Gasteiger partial charge in [0.05, 0.1) is 0 Å². The SMILES string of the molecule is CCCNC(=NC)NCc1ccc(CN2CCC(C)CC2)cc1.I. The van der Waals surface area contributed by atoms with E-state index in [-0.39, 0.29) is 24.0 Å². The summed E-state index contributed by atoms with van der Waals surface area (Å²) in [4.78, 5) is 6.80. The van der Waals surface area contributed by atoms with Crippen LogP contribution in [0.4, 0.5) is 0 Å². The lowest BCUT2D eigenvalue weighted by molar-refractivity contribution is 0.185. The average Bonchev–Trinajstić information content (AvgIpc) is 2.58. The molecule has 4 nitrogen and oxygen atoms in total. The van der Waals surface area contributed by atoms with Crippen molar-refractivity contribution < 1.29 is 0 Å². The second kappa shape index (κ2) is 11.7. The third-order valence-electron chi connectivity index (χ3n) is 4.53. The summed E-state index contributed by atoms with van der Waals surface area (Å²) < 4.78 is 0. The molecule has 0 amide bonds. The molecule has 0 aliphatic carbocycles. The van der Waals surface area contributed by atoms with Gasteiger partial charge < -0.3 is 10.6 Å². The number of hydrogen-bond donors (Lipinski definition) is 2. The van der Waals surface area contributed by atoms with Gasteiger partial charge in [-0.15, -0.1) is 24.0 Å². The Balaban J connectivity index is 0.00000288. The number of hydrogen-bond acceptors (Lipinski definition) is 2.